The van der Waals surface area contributed by atoms with E-state index in [1.54, 1.807) is 6.07 Å². The first-order chi connectivity index (χ1) is 8.22. The summed E-state index contributed by atoms with van der Waals surface area (Å²) in [4.78, 5) is 10.7. The van der Waals surface area contributed by atoms with Gasteiger partial charge in [0.25, 0.3) is 5.91 Å². The van der Waals surface area contributed by atoms with Crippen molar-refractivity contribution in [1.29, 1.82) is 0 Å². The van der Waals surface area contributed by atoms with Gasteiger partial charge in [-0.2, -0.15) is 0 Å². The first-order valence-corrected chi connectivity index (χ1v) is 5.59. The highest BCUT2D eigenvalue weighted by Crippen LogP contribution is 2.39. The topological polar surface area (TPSA) is 87.6 Å². The van der Waals surface area contributed by atoms with Crippen molar-refractivity contribution in [3.05, 3.63) is 23.8 Å². The van der Waals surface area contributed by atoms with Gasteiger partial charge in [0.15, 0.2) is 18.1 Å². The largest absolute Gasteiger partial charge is 0.489 e. The molecule has 17 heavy (non-hydrogen) atoms. The number of ether oxygens (including phenoxy) is 2. The van der Waals surface area contributed by atoms with Crippen molar-refractivity contribution in [2.75, 3.05) is 19.8 Å². The van der Waals surface area contributed by atoms with E-state index in [9.17, 15) is 4.79 Å². The molecule has 0 spiro atoms. The Labute approximate surface area is 99.7 Å². The molecule has 0 saturated heterocycles. The van der Waals surface area contributed by atoms with Crippen LogP contribution in [0.4, 0.5) is 0 Å². The van der Waals surface area contributed by atoms with Crippen LogP contribution in [-0.4, -0.2) is 25.7 Å². The Bertz CT molecular complexity index is 420. The molecule has 1 aromatic carbocycles. The summed E-state index contributed by atoms with van der Waals surface area (Å²) < 4.78 is 10.9. The average molecular weight is 236 g/mol. The van der Waals surface area contributed by atoms with E-state index in [4.69, 9.17) is 20.9 Å². The quantitative estimate of drug-likeness (QED) is 0.791. The van der Waals surface area contributed by atoms with Crippen LogP contribution in [0.2, 0.25) is 0 Å². The Morgan fingerprint density at radius 3 is 3.06 bits per heavy atom. The number of hydrogen-bond acceptors (Lipinski definition) is 4. The van der Waals surface area contributed by atoms with Gasteiger partial charge in [0.2, 0.25) is 0 Å². The first-order valence-electron chi connectivity index (χ1n) is 5.59. The molecule has 5 nitrogen and oxygen atoms in total. The predicted octanol–water partition coefficient (Wildman–Crippen LogP) is 0.376. The zero-order valence-corrected chi connectivity index (χ0v) is 9.52. The van der Waals surface area contributed by atoms with Crippen LogP contribution in [0.15, 0.2) is 18.2 Å². The van der Waals surface area contributed by atoms with Crippen LogP contribution in [0, 0.1) is 0 Å². The van der Waals surface area contributed by atoms with Crippen LogP contribution in [0.5, 0.6) is 11.5 Å². The third kappa shape index (κ3) is 2.50. The van der Waals surface area contributed by atoms with Crippen molar-refractivity contribution in [3.63, 3.8) is 0 Å². The predicted molar refractivity (Wildman–Crippen MR) is 63.0 cm³/mol. The van der Waals surface area contributed by atoms with Crippen LogP contribution in [0.1, 0.15) is 17.9 Å². The van der Waals surface area contributed by atoms with Gasteiger partial charge in [-0.15, -0.1) is 0 Å². The molecular weight excluding hydrogens is 220 g/mol. The van der Waals surface area contributed by atoms with E-state index in [0.717, 1.165) is 12.0 Å². The van der Waals surface area contributed by atoms with Crippen molar-refractivity contribution in [2.45, 2.75) is 12.3 Å². The van der Waals surface area contributed by atoms with Gasteiger partial charge in [0.05, 0.1) is 6.61 Å². The number of amides is 1. The Kier molecular flexibility index (Phi) is 3.49. The highest BCUT2D eigenvalue weighted by atomic mass is 16.5. The van der Waals surface area contributed by atoms with E-state index in [1.165, 1.54) is 0 Å². The standard InChI is InChI=1S/C12H16N2O3/c13-6-8-4-5-16-12-9(8)2-1-3-10(12)17-7-11(14)15/h1-3,8H,4-7,13H2,(H2,14,15). The van der Waals surface area contributed by atoms with Crippen molar-refractivity contribution in [3.8, 4) is 11.5 Å². The molecule has 1 unspecified atom stereocenters. The van der Waals surface area contributed by atoms with Crippen molar-refractivity contribution < 1.29 is 14.3 Å². The zero-order chi connectivity index (χ0) is 12.3. The Morgan fingerprint density at radius 2 is 2.35 bits per heavy atom. The number of para-hydroxylation sites is 1. The smallest absolute Gasteiger partial charge is 0.255 e. The Balaban J connectivity index is 2.26. The van der Waals surface area contributed by atoms with Crippen molar-refractivity contribution in [2.24, 2.45) is 11.5 Å². The van der Waals surface area contributed by atoms with Gasteiger partial charge in [-0.3, -0.25) is 4.79 Å². The summed E-state index contributed by atoms with van der Waals surface area (Å²) in [6.45, 7) is 1.05. The van der Waals surface area contributed by atoms with Crippen LogP contribution >= 0.6 is 0 Å². The van der Waals surface area contributed by atoms with Gasteiger partial charge >= 0.3 is 0 Å². The summed E-state index contributed by atoms with van der Waals surface area (Å²) in [6.07, 6.45) is 0.906. The lowest BCUT2D eigenvalue weighted by molar-refractivity contribution is -0.119. The molecule has 1 atom stereocenters. The van der Waals surface area contributed by atoms with Gasteiger partial charge in [-0.1, -0.05) is 12.1 Å². The second-order valence-electron chi connectivity index (χ2n) is 4.00. The molecule has 0 fully saturated rings. The monoisotopic (exact) mass is 236 g/mol. The third-order valence-corrected chi connectivity index (χ3v) is 2.82. The van der Waals surface area contributed by atoms with E-state index in [0.29, 0.717) is 24.7 Å². The fraction of sp³-hybridized carbons (Fsp3) is 0.417. The van der Waals surface area contributed by atoms with Gasteiger partial charge in [-0.25, -0.2) is 0 Å². The van der Waals surface area contributed by atoms with Crippen LogP contribution < -0.4 is 20.9 Å². The maximum absolute atomic E-state index is 10.7. The minimum Gasteiger partial charge on any atom is -0.489 e. The molecule has 1 aliphatic heterocycles. The van der Waals surface area contributed by atoms with Crippen LogP contribution in [0.25, 0.3) is 0 Å². The first kappa shape index (κ1) is 11.7. The third-order valence-electron chi connectivity index (χ3n) is 2.82. The molecule has 5 heteroatoms. The molecular formula is C12H16N2O3. The summed E-state index contributed by atoms with van der Waals surface area (Å²) in [5.41, 5.74) is 11.8. The minimum atomic E-state index is -0.506. The fourth-order valence-electron chi connectivity index (χ4n) is 1.97. The Hall–Kier alpha value is -1.75. The summed E-state index contributed by atoms with van der Waals surface area (Å²) in [6, 6.07) is 5.61. The molecule has 1 aliphatic rings. The van der Waals surface area contributed by atoms with Gasteiger partial charge in [-0.05, 0) is 19.0 Å². The SMILES string of the molecule is NCC1CCOc2c(OCC(N)=O)cccc21. The lowest BCUT2D eigenvalue weighted by atomic mass is 9.93. The number of carbonyl (C=O) groups excluding carboxylic acids is 1. The number of nitrogens with two attached hydrogens (primary N) is 2. The highest BCUT2D eigenvalue weighted by Gasteiger charge is 2.23. The maximum Gasteiger partial charge on any atom is 0.255 e. The lowest BCUT2D eigenvalue weighted by Crippen LogP contribution is -2.23. The van der Waals surface area contributed by atoms with Gasteiger partial charge in [0, 0.05) is 11.5 Å². The molecule has 92 valence electrons. The maximum atomic E-state index is 10.7. The highest BCUT2D eigenvalue weighted by molar-refractivity contribution is 5.75. The normalized spacial score (nSPS) is 18.1. The molecule has 0 radical (unpaired) electrons. The van der Waals surface area contributed by atoms with E-state index >= 15 is 0 Å². The second kappa shape index (κ2) is 5.05. The van der Waals surface area contributed by atoms with E-state index in [-0.39, 0.29) is 12.5 Å². The molecule has 2 rings (SSSR count). The number of fused-ring (bicyclic) bond motifs is 1. The summed E-state index contributed by atoms with van der Waals surface area (Å²) in [5, 5.41) is 0. The molecule has 4 N–H and O–H groups in total. The molecule has 0 saturated carbocycles. The number of benzene rings is 1. The minimum absolute atomic E-state index is 0.146. The molecule has 1 heterocycles. The van der Waals surface area contributed by atoms with Crippen molar-refractivity contribution in [1.82, 2.24) is 0 Å². The summed E-state index contributed by atoms with van der Waals surface area (Å²) >= 11 is 0. The molecule has 1 aromatic rings. The lowest BCUT2D eigenvalue weighted by Gasteiger charge is -2.26. The van der Waals surface area contributed by atoms with Crippen LogP contribution in [-0.2, 0) is 4.79 Å². The van der Waals surface area contributed by atoms with E-state index in [2.05, 4.69) is 0 Å². The van der Waals surface area contributed by atoms with Crippen molar-refractivity contribution >= 4 is 5.91 Å². The number of hydrogen-bond donors (Lipinski definition) is 2. The Morgan fingerprint density at radius 1 is 1.53 bits per heavy atom. The van der Waals surface area contributed by atoms with E-state index in [1.807, 2.05) is 12.1 Å². The van der Waals surface area contributed by atoms with Gasteiger partial charge in [0.1, 0.15) is 0 Å². The second-order valence-corrected chi connectivity index (χ2v) is 4.00. The summed E-state index contributed by atoms with van der Waals surface area (Å²) in [5.74, 6) is 1.03. The fourth-order valence-corrected chi connectivity index (χ4v) is 1.97. The molecule has 0 aliphatic carbocycles. The molecule has 0 bridgehead atoms. The zero-order valence-electron chi connectivity index (χ0n) is 9.52. The molecule has 1 amide bonds. The molecule has 0 aromatic heterocycles. The van der Waals surface area contributed by atoms with Crippen LogP contribution in [0.3, 0.4) is 0 Å². The summed E-state index contributed by atoms with van der Waals surface area (Å²) in [7, 11) is 0. The average Bonchev–Trinajstić information content (AvgIpc) is 2.35. The number of primary amides is 1. The number of carbonyl (C=O) groups is 1. The number of rotatable bonds is 4. The van der Waals surface area contributed by atoms with Gasteiger partial charge < -0.3 is 20.9 Å². The van der Waals surface area contributed by atoms with E-state index < -0.39 is 5.91 Å².